The van der Waals surface area contributed by atoms with Gasteiger partial charge in [-0.05, 0) is 6.92 Å². The van der Waals surface area contributed by atoms with Gasteiger partial charge in [-0.15, -0.1) is 0 Å². The Morgan fingerprint density at radius 3 is 2.79 bits per heavy atom. The third-order valence-electron chi connectivity index (χ3n) is 2.33. The molecule has 0 aliphatic carbocycles. The molecule has 2 unspecified atom stereocenters. The molecule has 0 aromatic carbocycles. The van der Waals surface area contributed by atoms with Gasteiger partial charge in [-0.25, -0.2) is 4.79 Å². The summed E-state index contributed by atoms with van der Waals surface area (Å²) in [7, 11) is 0. The van der Waals surface area contributed by atoms with Crippen molar-refractivity contribution in [3.8, 4) is 0 Å². The number of rotatable bonds is 3. The SMILES string of the molecule is C=CC(=O)OC1COC(C)(C(C)C)O1. The molecule has 4 heteroatoms. The van der Waals surface area contributed by atoms with Gasteiger partial charge in [-0.3, -0.25) is 0 Å². The van der Waals surface area contributed by atoms with E-state index in [9.17, 15) is 4.79 Å². The first-order valence-electron chi connectivity index (χ1n) is 4.63. The quantitative estimate of drug-likeness (QED) is 0.511. The van der Waals surface area contributed by atoms with Gasteiger partial charge < -0.3 is 14.2 Å². The summed E-state index contributed by atoms with van der Waals surface area (Å²) >= 11 is 0. The predicted octanol–water partition coefficient (Wildman–Crippen LogP) is 1.46. The zero-order valence-electron chi connectivity index (χ0n) is 8.78. The average molecular weight is 200 g/mol. The van der Waals surface area contributed by atoms with Gasteiger partial charge in [0.05, 0.1) is 0 Å². The maximum Gasteiger partial charge on any atom is 0.332 e. The smallest absolute Gasteiger partial charge is 0.332 e. The van der Waals surface area contributed by atoms with Crippen LogP contribution >= 0.6 is 0 Å². The van der Waals surface area contributed by atoms with Crippen LogP contribution in [0.15, 0.2) is 12.7 Å². The number of hydrogen-bond acceptors (Lipinski definition) is 4. The molecule has 2 atom stereocenters. The Morgan fingerprint density at radius 2 is 2.36 bits per heavy atom. The molecule has 0 spiro atoms. The van der Waals surface area contributed by atoms with Gasteiger partial charge in [0.2, 0.25) is 6.29 Å². The van der Waals surface area contributed by atoms with E-state index < -0.39 is 18.0 Å². The maximum atomic E-state index is 10.9. The lowest BCUT2D eigenvalue weighted by atomic mass is 10.1. The molecular weight excluding hydrogens is 184 g/mol. The Balaban J connectivity index is 2.48. The molecule has 80 valence electrons. The van der Waals surface area contributed by atoms with E-state index in [0.717, 1.165) is 6.08 Å². The second kappa shape index (κ2) is 4.11. The van der Waals surface area contributed by atoms with Crippen LogP contribution < -0.4 is 0 Å². The minimum absolute atomic E-state index is 0.204. The van der Waals surface area contributed by atoms with Gasteiger partial charge >= 0.3 is 5.97 Å². The molecule has 1 fully saturated rings. The molecular formula is C10H16O4. The normalized spacial score (nSPS) is 31.9. The fourth-order valence-corrected chi connectivity index (χ4v) is 1.10. The minimum atomic E-state index is -0.661. The molecule has 0 aromatic rings. The van der Waals surface area contributed by atoms with Crippen molar-refractivity contribution >= 4 is 5.97 Å². The number of hydrogen-bond donors (Lipinski definition) is 0. The molecule has 0 saturated carbocycles. The van der Waals surface area contributed by atoms with E-state index in [0.29, 0.717) is 0 Å². The number of carbonyl (C=O) groups is 1. The topological polar surface area (TPSA) is 44.8 Å². The first-order chi connectivity index (χ1) is 6.48. The van der Waals surface area contributed by atoms with Gasteiger partial charge in [-0.1, -0.05) is 20.4 Å². The van der Waals surface area contributed by atoms with Crippen LogP contribution in [0.3, 0.4) is 0 Å². The van der Waals surface area contributed by atoms with Crippen LogP contribution in [0.5, 0.6) is 0 Å². The highest BCUT2D eigenvalue weighted by Gasteiger charge is 2.41. The largest absolute Gasteiger partial charge is 0.430 e. The molecule has 1 heterocycles. The summed E-state index contributed by atoms with van der Waals surface area (Å²) in [5.41, 5.74) is 0. The van der Waals surface area contributed by atoms with Gasteiger partial charge in [-0.2, -0.15) is 0 Å². The zero-order valence-corrected chi connectivity index (χ0v) is 8.78. The molecule has 1 aliphatic rings. The third-order valence-corrected chi connectivity index (χ3v) is 2.33. The van der Waals surface area contributed by atoms with Crippen LogP contribution in [-0.2, 0) is 19.0 Å². The van der Waals surface area contributed by atoms with Crippen LogP contribution in [0.25, 0.3) is 0 Å². The highest BCUT2D eigenvalue weighted by molar-refractivity contribution is 5.81. The molecule has 1 rings (SSSR count). The standard InChI is InChI=1S/C10H16O4/c1-5-8(11)13-9-6-12-10(4,14-9)7(2)3/h5,7,9H,1,6H2,2-4H3. The number of carbonyl (C=O) groups excluding carboxylic acids is 1. The fraction of sp³-hybridized carbons (Fsp3) is 0.700. The van der Waals surface area contributed by atoms with Crippen molar-refractivity contribution in [3.63, 3.8) is 0 Å². The van der Waals surface area contributed by atoms with Crippen molar-refractivity contribution in [1.82, 2.24) is 0 Å². The van der Waals surface area contributed by atoms with Gasteiger partial charge in [0, 0.05) is 12.0 Å². The molecule has 0 N–H and O–H groups in total. The summed E-state index contributed by atoms with van der Waals surface area (Å²) in [5, 5.41) is 0. The van der Waals surface area contributed by atoms with E-state index in [1.165, 1.54) is 0 Å². The van der Waals surface area contributed by atoms with Gasteiger partial charge in [0.15, 0.2) is 5.79 Å². The van der Waals surface area contributed by atoms with Crippen molar-refractivity contribution in [1.29, 1.82) is 0 Å². The summed E-state index contributed by atoms with van der Waals surface area (Å²) in [6, 6.07) is 0. The molecule has 14 heavy (non-hydrogen) atoms. The van der Waals surface area contributed by atoms with E-state index >= 15 is 0 Å². The zero-order chi connectivity index (χ0) is 10.8. The predicted molar refractivity (Wildman–Crippen MR) is 50.4 cm³/mol. The van der Waals surface area contributed by atoms with Crippen LogP contribution in [0.4, 0.5) is 0 Å². The van der Waals surface area contributed by atoms with Crippen molar-refractivity contribution in [3.05, 3.63) is 12.7 Å². The summed E-state index contributed by atoms with van der Waals surface area (Å²) in [5.74, 6) is -0.951. The highest BCUT2D eigenvalue weighted by atomic mass is 16.8. The Hall–Kier alpha value is -0.870. The Bertz CT molecular complexity index is 236. The molecule has 0 amide bonds. The van der Waals surface area contributed by atoms with Crippen molar-refractivity contribution in [2.75, 3.05) is 6.61 Å². The maximum absolute atomic E-state index is 10.9. The lowest BCUT2D eigenvalue weighted by molar-refractivity contribution is -0.219. The van der Waals surface area contributed by atoms with E-state index in [-0.39, 0.29) is 12.5 Å². The van der Waals surface area contributed by atoms with Crippen molar-refractivity contribution in [2.45, 2.75) is 32.8 Å². The molecule has 0 aromatic heterocycles. The van der Waals surface area contributed by atoms with Crippen molar-refractivity contribution < 1.29 is 19.0 Å². The molecule has 0 bridgehead atoms. The number of ether oxygens (including phenoxy) is 3. The second-order valence-corrected chi connectivity index (χ2v) is 3.67. The molecule has 4 nitrogen and oxygen atoms in total. The van der Waals surface area contributed by atoms with Gasteiger partial charge in [0.1, 0.15) is 6.61 Å². The van der Waals surface area contributed by atoms with Crippen molar-refractivity contribution in [2.24, 2.45) is 5.92 Å². The Labute approximate surface area is 83.8 Å². The fourth-order valence-electron chi connectivity index (χ4n) is 1.10. The van der Waals surface area contributed by atoms with Crippen LogP contribution in [0, 0.1) is 5.92 Å². The average Bonchev–Trinajstić information content (AvgIpc) is 2.49. The molecule has 0 radical (unpaired) electrons. The summed E-state index contributed by atoms with van der Waals surface area (Å²) in [4.78, 5) is 10.9. The highest BCUT2D eigenvalue weighted by Crippen LogP contribution is 2.30. The molecule has 1 aliphatic heterocycles. The minimum Gasteiger partial charge on any atom is -0.430 e. The third kappa shape index (κ3) is 2.33. The van der Waals surface area contributed by atoms with E-state index in [1.54, 1.807) is 0 Å². The van der Waals surface area contributed by atoms with Crippen LogP contribution in [-0.4, -0.2) is 24.7 Å². The molecule has 1 saturated heterocycles. The lowest BCUT2D eigenvalue weighted by Gasteiger charge is -2.26. The first kappa shape index (κ1) is 11.2. The van der Waals surface area contributed by atoms with Gasteiger partial charge in [0.25, 0.3) is 0 Å². The summed E-state index contributed by atoms with van der Waals surface area (Å²) in [6.45, 7) is 9.38. The number of esters is 1. The second-order valence-electron chi connectivity index (χ2n) is 3.67. The van der Waals surface area contributed by atoms with Crippen LogP contribution in [0.1, 0.15) is 20.8 Å². The Morgan fingerprint density at radius 1 is 1.71 bits per heavy atom. The monoisotopic (exact) mass is 200 g/mol. The summed E-state index contributed by atoms with van der Waals surface area (Å²) < 4.78 is 15.8. The summed E-state index contributed by atoms with van der Waals surface area (Å²) in [6.07, 6.45) is 0.488. The first-order valence-corrected chi connectivity index (χ1v) is 4.63. The van der Waals surface area contributed by atoms with E-state index in [4.69, 9.17) is 14.2 Å². The van der Waals surface area contributed by atoms with E-state index in [2.05, 4.69) is 6.58 Å². The van der Waals surface area contributed by atoms with E-state index in [1.807, 2.05) is 20.8 Å². The lowest BCUT2D eigenvalue weighted by Crippen LogP contribution is -2.33. The Kier molecular flexibility index (Phi) is 3.29. The van der Waals surface area contributed by atoms with Crippen LogP contribution in [0.2, 0.25) is 0 Å².